The van der Waals surface area contributed by atoms with Crippen molar-refractivity contribution in [2.24, 2.45) is 0 Å². The van der Waals surface area contributed by atoms with Gasteiger partial charge in [-0.2, -0.15) is 0 Å². The predicted octanol–water partition coefficient (Wildman–Crippen LogP) is 19.9. The summed E-state index contributed by atoms with van der Waals surface area (Å²) in [6.07, 6.45) is 75.8. The molecular formula is C64H110O6. The van der Waals surface area contributed by atoms with E-state index in [0.29, 0.717) is 19.3 Å². The normalized spacial score (nSPS) is 12.7. The lowest BCUT2D eigenvalue weighted by molar-refractivity contribution is -0.167. The van der Waals surface area contributed by atoms with Crippen LogP contribution in [-0.2, 0) is 28.6 Å². The third-order valence-electron chi connectivity index (χ3n) is 12.7. The lowest BCUT2D eigenvalue weighted by Crippen LogP contribution is -2.30. The first-order valence-corrected chi connectivity index (χ1v) is 29.6. The van der Waals surface area contributed by atoms with Gasteiger partial charge in [0.05, 0.1) is 0 Å². The first kappa shape index (κ1) is 66.6. The Bertz CT molecular complexity index is 1350. The van der Waals surface area contributed by atoms with E-state index in [-0.39, 0.29) is 31.1 Å². The Labute approximate surface area is 433 Å². The third-order valence-corrected chi connectivity index (χ3v) is 12.7. The van der Waals surface area contributed by atoms with Gasteiger partial charge in [-0.25, -0.2) is 0 Å². The van der Waals surface area contributed by atoms with Gasteiger partial charge >= 0.3 is 17.9 Å². The largest absolute Gasteiger partial charge is 0.462 e. The van der Waals surface area contributed by atoms with E-state index in [1.807, 2.05) is 0 Å². The van der Waals surface area contributed by atoms with E-state index < -0.39 is 6.10 Å². The zero-order chi connectivity index (χ0) is 50.7. The van der Waals surface area contributed by atoms with Crippen LogP contribution in [0.3, 0.4) is 0 Å². The minimum Gasteiger partial charge on any atom is -0.462 e. The summed E-state index contributed by atoms with van der Waals surface area (Å²) in [6.45, 7) is 6.51. The van der Waals surface area contributed by atoms with Crippen LogP contribution < -0.4 is 0 Å². The zero-order valence-electron chi connectivity index (χ0n) is 46.0. The van der Waals surface area contributed by atoms with E-state index in [4.69, 9.17) is 14.2 Å². The van der Waals surface area contributed by atoms with E-state index in [0.717, 1.165) is 109 Å². The van der Waals surface area contributed by atoms with Crippen molar-refractivity contribution in [2.45, 2.75) is 290 Å². The highest BCUT2D eigenvalue weighted by molar-refractivity contribution is 5.71. The number of hydrogen-bond donors (Lipinski definition) is 0. The molecule has 0 aliphatic carbocycles. The number of carbonyl (C=O) groups excluding carboxylic acids is 3. The van der Waals surface area contributed by atoms with Crippen LogP contribution in [0.15, 0.2) is 85.1 Å². The van der Waals surface area contributed by atoms with Crippen molar-refractivity contribution in [1.82, 2.24) is 0 Å². The van der Waals surface area contributed by atoms with Gasteiger partial charge < -0.3 is 14.2 Å². The summed E-state index contributed by atoms with van der Waals surface area (Å²) >= 11 is 0. The van der Waals surface area contributed by atoms with Gasteiger partial charge in [-0.15, -0.1) is 0 Å². The molecule has 402 valence electrons. The molecule has 0 N–H and O–H groups in total. The minimum absolute atomic E-state index is 0.0838. The molecule has 0 heterocycles. The van der Waals surface area contributed by atoms with Crippen LogP contribution in [0.5, 0.6) is 0 Å². The van der Waals surface area contributed by atoms with Crippen LogP contribution >= 0.6 is 0 Å². The number of esters is 3. The first-order valence-electron chi connectivity index (χ1n) is 29.6. The standard InChI is InChI=1S/C64H110O6/c1-4-7-10-13-16-19-22-24-26-28-29-30-31-32-33-34-35-37-38-40-42-45-48-51-54-57-63(66)69-60-61(59-68-62(65)56-53-50-47-44-21-18-15-12-9-6-3)70-64(67)58-55-52-49-46-43-41-39-36-27-25-23-20-17-14-11-8-5-2/h7,10,16,19,24,26,29-30,32-33,35,37,40,42,61H,4-6,8-9,11-15,17-18,20-23,25,27-28,31,34,36,38-39,41,43-60H2,1-3H3/b10-7-,19-16-,26-24-,30-29-,33-32-,37-35-,42-40-. The molecule has 0 rings (SSSR count). The molecule has 0 aromatic rings. The molecule has 0 saturated carbocycles. The molecule has 0 radical (unpaired) electrons. The number of unbranched alkanes of at least 4 members (excludes halogenated alkanes) is 28. The molecule has 0 aliphatic rings. The second kappa shape index (κ2) is 58.2. The molecule has 0 aromatic carbocycles. The minimum atomic E-state index is -0.787. The third kappa shape index (κ3) is 55.5. The molecular weight excluding hydrogens is 865 g/mol. The summed E-state index contributed by atoms with van der Waals surface area (Å²) in [5.41, 5.74) is 0. The number of ether oxygens (including phenoxy) is 3. The fraction of sp³-hybridized carbons (Fsp3) is 0.734. The lowest BCUT2D eigenvalue weighted by atomic mass is 10.0. The Balaban J connectivity index is 4.35. The van der Waals surface area contributed by atoms with Crippen LogP contribution in [-0.4, -0.2) is 37.2 Å². The number of allylic oxidation sites excluding steroid dienone is 14. The Morgan fingerprint density at radius 1 is 0.300 bits per heavy atom. The van der Waals surface area contributed by atoms with Gasteiger partial charge in [0.1, 0.15) is 13.2 Å². The Morgan fingerprint density at radius 2 is 0.557 bits per heavy atom. The fourth-order valence-electron chi connectivity index (χ4n) is 8.25. The maximum absolute atomic E-state index is 12.8. The average molecular weight is 976 g/mol. The molecule has 6 heteroatoms. The highest BCUT2D eigenvalue weighted by atomic mass is 16.6. The molecule has 0 aliphatic heterocycles. The van der Waals surface area contributed by atoms with Gasteiger partial charge in [-0.3, -0.25) is 14.4 Å². The van der Waals surface area contributed by atoms with Crippen LogP contribution in [0, 0.1) is 0 Å². The van der Waals surface area contributed by atoms with E-state index in [9.17, 15) is 14.4 Å². The smallest absolute Gasteiger partial charge is 0.306 e. The van der Waals surface area contributed by atoms with Crippen LogP contribution in [0.4, 0.5) is 0 Å². The summed E-state index contributed by atoms with van der Waals surface area (Å²) in [5, 5.41) is 0. The number of carbonyl (C=O) groups is 3. The maximum atomic E-state index is 12.8. The van der Waals surface area contributed by atoms with Crippen LogP contribution in [0.25, 0.3) is 0 Å². The van der Waals surface area contributed by atoms with Gasteiger partial charge in [-0.1, -0.05) is 273 Å². The lowest BCUT2D eigenvalue weighted by Gasteiger charge is -2.18. The molecule has 0 aromatic heterocycles. The molecule has 70 heavy (non-hydrogen) atoms. The summed E-state index contributed by atoms with van der Waals surface area (Å²) in [7, 11) is 0. The summed E-state index contributed by atoms with van der Waals surface area (Å²) < 4.78 is 16.8. The highest BCUT2D eigenvalue weighted by Gasteiger charge is 2.19. The second-order valence-corrected chi connectivity index (χ2v) is 19.5. The summed E-state index contributed by atoms with van der Waals surface area (Å²) in [6, 6.07) is 0. The van der Waals surface area contributed by atoms with Gasteiger partial charge in [0, 0.05) is 19.3 Å². The van der Waals surface area contributed by atoms with E-state index in [2.05, 4.69) is 106 Å². The first-order chi connectivity index (χ1) is 34.5. The highest BCUT2D eigenvalue weighted by Crippen LogP contribution is 2.16. The van der Waals surface area contributed by atoms with E-state index in [1.165, 1.54) is 135 Å². The van der Waals surface area contributed by atoms with Gasteiger partial charge in [0.25, 0.3) is 0 Å². The molecule has 0 saturated heterocycles. The second-order valence-electron chi connectivity index (χ2n) is 19.5. The van der Waals surface area contributed by atoms with Crippen molar-refractivity contribution in [2.75, 3.05) is 13.2 Å². The van der Waals surface area contributed by atoms with Crippen molar-refractivity contribution in [3.05, 3.63) is 85.1 Å². The summed E-state index contributed by atoms with van der Waals surface area (Å²) in [5.74, 6) is -0.910. The molecule has 0 bridgehead atoms. The number of rotatable bonds is 53. The SMILES string of the molecule is CC/C=C\C/C=C\C/C=C\C/C=C\C/C=C\C/C=C\C/C=C\CCCCCC(=O)OCC(COC(=O)CCCCCCCCCCCC)OC(=O)CCCCCCCCCCCCCCCCCCC. The topological polar surface area (TPSA) is 78.9 Å². The quantitative estimate of drug-likeness (QED) is 0.0261. The zero-order valence-corrected chi connectivity index (χ0v) is 46.0. The average Bonchev–Trinajstić information content (AvgIpc) is 3.36. The monoisotopic (exact) mass is 975 g/mol. The molecule has 1 atom stereocenters. The van der Waals surface area contributed by atoms with Crippen molar-refractivity contribution in [3.8, 4) is 0 Å². The molecule has 0 fully saturated rings. The van der Waals surface area contributed by atoms with Gasteiger partial charge in [0.15, 0.2) is 6.10 Å². The van der Waals surface area contributed by atoms with E-state index >= 15 is 0 Å². The predicted molar refractivity (Wildman–Crippen MR) is 302 cm³/mol. The Hall–Kier alpha value is -3.41. The van der Waals surface area contributed by atoms with Crippen LogP contribution in [0.1, 0.15) is 284 Å². The van der Waals surface area contributed by atoms with Crippen molar-refractivity contribution in [3.63, 3.8) is 0 Å². The molecule has 0 spiro atoms. The molecule has 0 amide bonds. The van der Waals surface area contributed by atoms with Gasteiger partial charge in [-0.05, 0) is 77.0 Å². The van der Waals surface area contributed by atoms with Crippen LogP contribution in [0.2, 0.25) is 0 Å². The summed E-state index contributed by atoms with van der Waals surface area (Å²) in [4.78, 5) is 38.1. The molecule has 6 nitrogen and oxygen atoms in total. The Kier molecular flexibility index (Phi) is 55.3. The van der Waals surface area contributed by atoms with Crippen molar-refractivity contribution in [1.29, 1.82) is 0 Å². The Morgan fingerprint density at radius 3 is 0.871 bits per heavy atom. The maximum Gasteiger partial charge on any atom is 0.306 e. The van der Waals surface area contributed by atoms with E-state index in [1.54, 1.807) is 0 Å². The number of hydrogen-bond acceptors (Lipinski definition) is 6. The van der Waals surface area contributed by atoms with Crippen molar-refractivity contribution >= 4 is 17.9 Å². The van der Waals surface area contributed by atoms with Gasteiger partial charge in [0.2, 0.25) is 0 Å². The fourth-order valence-corrected chi connectivity index (χ4v) is 8.25. The molecule has 1 unspecified atom stereocenters. The van der Waals surface area contributed by atoms with Crippen molar-refractivity contribution < 1.29 is 28.6 Å².